The van der Waals surface area contributed by atoms with E-state index in [0.717, 1.165) is 29.5 Å². The lowest BCUT2D eigenvalue weighted by molar-refractivity contribution is 0.0945. The molecule has 9 heteroatoms. The Bertz CT molecular complexity index is 1900. The SMILES string of the molecule is CCCC[S+]([O-])N1Cc2cc(C(=O)NCc3ccccc3F)nc(-c3ccccc3)c2[C@H]1CCO[Si](c1ccccc1)(c1ccccc1)C(C)(C)C. The first-order valence-electron chi connectivity index (χ1n) is 18.1. The van der Waals surface area contributed by atoms with Gasteiger partial charge in [-0.2, -0.15) is 0 Å². The summed E-state index contributed by atoms with van der Waals surface area (Å²) in [5.41, 5.74) is 4.12. The van der Waals surface area contributed by atoms with Gasteiger partial charge in [0.2, 0.25) is 0 Å². The van der Waals surface area contributed by atoms with E-state index in [1.165, 1.54) is 16.4 Å². The fraction of sp³-hybridized carbons (Fsp3) is 0.302. The molecule has 2 heterocycles. The number of unbranched alkanes of at least 4 members (excludes halogenated alkanes) is 1. The van der Waals surface area contributed by atoms with Gasteiger partial charge >= 0.3 is 0 Å². The lowest BCUT2D eigenvalue weighted by Crippen LogP contribution is -2.66. The number of fused-ring (bicyclic) bond motifs is 1. The number of carbonyl (C=O) groups excluding carboxylic acids is 1. The van der Waals surface area contributed by atoms with Gasteiger partial charge in [0.15, 0.2) is 0 Å². The summed E-state index contributed by atoms with van der Waals surface area (Å²) >= 11 is -1.26. The molecule has 1 amide bonds. The van der Waals surface area contributed by atoms with Crippen LogP contribution in [0.3, 0.4) is 0 Å². The van der Waals surface area contributed by atoms with Gasteiger partial charge in [-0.15, -0.1) is 4.31 Å². The van der Waals surface area contributed by atoms with Crippen LogP contribution in [-0.2, 0) is 28.9 Å². The van der Waals surface area contributed by atoms with Crippen molar-refractivity contribution in [3.63, 3.8) is 0 Å². The summed E-state index contributed by atoms with van der Waals surface area (Å²) in [5, 5.41) is 5.10. The number of benzene rings is 4. The van der Waals surface area contributed by atoms with Crippen molar-refractivity contribution in [2.45, 2.75) is 71.1 Å². The Kier molecular flexibility index (Phi) is 12.1. The Morgan fingerprint density at radius 1 is 0.942 bits per heavy atom. The Morgan fingerprint density at radius 3 is 2.13 bits per heavy atom. The molecule has 6 nitrogen and oxygen atoms in total. The van der Waals surface area contributed by atoms with Crippen molar-refractivity contribution >= 4 is 36.0 Å². The number of pyridine rings is 1. The third-order valence-electron chi connectivity index (χ3n) is 9.89. The first-order chi connectivity index (χ1) is 25.1. The Balaban J connectivity index is 1.38. The fourth-order valence-corrected chi connectivity index (χ4v) is 13.5. The summed E-state index contributed by atoms with van der Waals surface area (Å²) in [6.45, 7) is 9.82. The lowest BCUT2D eigenvalue weighted by atomic mass is 9.96. The lowest BCUT2D eigenvalue weighted by Gasteiger charge is -2.43. The van der Waals surface area contributed by atoms with E-state index in [1.54, 1.807) is 18.2 Å². The average molecular weight is 734 g/mol. The average Bonchev–Trinajstić information content (AvgIpc) is 3.53. The van der Waals surface area contributed by atoms with E-state index >= 15 is 0 Å². The van der Waals surface area contributed by atoms with E-state index in [0.29, 0.717) is 36.6 Å². The molecular weight excluding hydrogens is 686 g/mol. The Hall–Kier alpha value is -4.12. The minimum absolute atomic E-state index is 0.0420. The molecule has 2 atom stereocenters. The number of hydrogen-bond acceptors (Lipinski definition) is 5. The maximum absolute atomic E-state index is 14.4. The highest BCUT2D eigenvalue weighted by molar-refractivity contribution is 7.89. The second-order valence-electron chi connectivity index (χ2n) is 14.3. The standard InChI is InChI=1S/C43H48FN3O3SSi/c1-5-6-28-51(49)47-31-34-29-38(42(48)45-30-33-20-16-17-25-37(33)44)46-41(32-18-10-7-11-19-32)40(34)39(47)26-27-50-52(43(2,3)4,35-21-12-8-13-22-35)36-23-14-9-15-24-36/h7-25,29,39H,5-6,26-28,30-31H2,1-4H3,(H,45,48)/t39-,51?/m1/s1. The summed E-state index contributed by atoms with van der Waals surface area (Å²) in [4.78, 5) is 18.6. The van der Waals surface area contributed by atoms with Gasteiger partial charge < -0.3 is 14.3 Å². The molecule has 4 aromatic carbocycles. The Labute approximate surface area is 311 Å². The molecular formula is C43H48FN3O3SSi. The molecule has 52 heavy (non-hydrogen) atoms. The van der Waals surface area contributed by atoms with E-state index in [1.807, 2.05) is 48.5 Å². The van der Waals surface area contributed by atoms with Crippen molar-refractivity contribution in [2.75, 3.05) is 12.4 Å². The van der Waals surface area contributed by atoms with Gasteiger partial charge in [-0.05, 0) is 45.9 Å². The molecule has 6 rings (SSSR count). The van der Waals surface area contributed by atoms with Crippen LogP contribution in [-0.4, -0.2) is 40.4 Å². The molecule has 270 valence electrons. The molecule has 0 bridgehead atoms. The van der Waals surface area contributed by atoms with Crippen LogP contribution in [0.15, 0.2) is 121 Å². The second-order valence-corrected chi connectivity index (χ2v) is 20.2. The molecule has 0 spiro atoms. The number of nitrogens with one attached hydrogen (secondary N) is 1. The molecule has 0 aliphatic carbocycles. The van der Waals surface area contributed by atoms with Gasteiger partial charge in [0.05, 0.1) is 18.3 Å². The van der Waals surface area contributed by atoms with Gasteiger partial charge in [-0.3, -0.25) is 4.79 Å². The number of halogens is 1. The van der Waals surface area contributed by atoms with Crippen LogP contribution in [0.4, 0.5) is 4.39 Å². The summed E-state index contributed by atoms with van der Waals surface area (Å²) in [6.07, 6.45) is 2.38. The highest BCUT2D eigenvalue weighted by Crippen LogP contribution is 2.44. The van der Waals surface area contributed by atoms with Gasteiger partial charge in [-0.1, -0.05) is 143 Å². The monoisotopic (exact) mass is 733 g/mol. The highest BCUT2D eigenvalue weighted by atomic mass is 32.2. The van der Waals surface area contributed by atoms with E-state index in [4.69, 9.17) is 9.41 Å². The number of aromatic nitrogens is 1. The van der Waals surface area contributed by atoms with Gasteiger partial charge in [0.25, 0.3) is 14.2 Å². The normalized spacial score (nSPS) is 15.3. The summed E-state index contributed by atoms with van der Waals surface area (Å²) in [6, 6.07) is 39.1. The van der Waals surface area contributed by atoms with Crippen molar-refractivity contribution in [1.82, 2.24) is 14.6 Å². The van der Waals surface area contributed by atoms with Crippen molar-refractivity contribution in [3.8, 4) is 11.3 Å². The van der Waals surface area contributed by atoms with Crippen LogP contribution in [0, 0.1) is 5.82 Å². The van der Waals surface area contributed by atoms with E-state index in [-0.39, 0.29) is 35.0 Å². The largest absolute Gasteiger partial charge is 0.598 e. The van der Waals surface area contributed by atoms with Crippen molar-refractivity contribution < 1.29 is 18.2 Å². The van der Waals surface area contributed by atoms with E-state index < -0.39 is 19.7 Å². The molecule has 1 aliphatic heterocycles. The smallest absolute Gasteiger partial charge is 0.270 e. The zero-order chi connectivity index (χ0) is 36.7. The Morgan fingerprint density at radius 2 is 1.54 bits per heavy atom. The minimum atomic E-state index is -2.82. The van der Waals surface area contributed by atoms with Crippen molar-refractivity contribution in [1.29, 1.82) is 0 Å². The third kappa shape index (κ3) is 7.94. The predicted octanol–water partition coefficient (Wildman–Crippen LogP) is 8.10. The maximum Gasteiger partial charge on any atom is 0.270 e. The van der Waals surface area contributed by atoms with Gasteiger partial charge in [0, 0.05) is 41.2 Å². The molecule has 1 aliphatic rings. The minimum Gasteiger partial charge on any atom is -0.598 e. The topological polar surface area (TPSA) is 77.5 Å². The van der Waals surface area contributed by atoms with E-state index in [9.17, 15) is 13.7 Å². The van der Waals surface area contributed by atoms with Gasteiger partial charge in [-0.25, -0.2) is 9.37 Å². The second kappa shape index (κ2) is 16.7. The summed E-state index contributed by atoms with van der Waals surface area (Å²) in [7, 11) is -2.82. The van der Waals surface area contributed by atoms with Crippen molar-refractivity contribution in [3.05, 3.63) is 150 Å². The maximum atomic E-state index is 14.4. The molecule has 5 aromatic rings. The van der Waals surface area contributed by atoms with Crippen LogP contribution in [0.5, 0.6) is 0 Å². The number of hydrogen-bond donors (Lipinski definition) is 1. The van der Waals surface area contributed by atoms with Crippen LogP contribution < -0.4 is 15.7 Å². The number of nitrogens with zero attached hydrogens (tertiary/aromatic N) is 2. The molecule has 1 unspecified atom stereocenters. The van der Waals surface area contributed by atoms with Crippen molar-refractivity contribution in [2.24, 2.45) is 0 Å². The molecule has 0 saturated heterocycles. The van der Waals surface area contributed by atoms with Crippen LogP contribution in [0.2, 0.25) is 5.04 Å². The number of amides is 1. The highest BCUT2D eigenvalue weighted by Gasteiger charge is 2.50. The number of rotatable bonds is 14. The quantitative estimate of drug-likeness (QED) is 0.0923. The molecule has 0 fully saturated rings. The fourth-order valence-electron chi connectivity index (χ4n) is 7.35. The summed E-state index contributed by atoms with van der Waals surface area (Å²) in [5.74, 6) is -0.205. The van der Waals surface area contributed by atoms with Crippen LogP contribution in [0.1, 0.15) is 80.2 Å². The van der Waals surface area contributed by atoms with E-state index in [2.05, 4.69) is 85.8 Å². The molecule has 1 aromatic heterocycles. The molecule has 0 radical (unpaired) electrons. The van der Waals surface area contributed by atoms with Crippen LogP contribution >= 0.6 is 0 Å². The predicted molar refractivity (Wildman–Crippen MR) is 212 cm³/mol. The molecule has 0 saturated carbocycles. The first-order valence-corrected chi connectivity index (χ1v) is 21.3. The first kappa shape index (κ1) is 37.6. The third-order valence-corrected chi connectivity index (χ3v) is 16.5. The molecule has 1 N–H and O–H groups in total. The number of carbonyl (C=O) groups is 1. The summed E-state index contributed by atoms with van der Waals surface area (Å²) < 4.78 is 37.9. The van der Waals surface area contributed by atoms with Crippen LogP contribution in [0.25, 0.3) is 11.3 Å². The van der Waals surface area contributed by atoms with Gasteiger partial charge in [0.1, 0.15) is 17.3 Å². The zero-order valence-electron chi connectivity index (χ0n) is 30.5. The zero-order valence-corrected chi connectivity index (χ0v) is 32.3.